The standard InChI is InChI=1S/C17H29N3OS/c1-13(2)17-18-14(12-22-17)11-20(4)16(21)9-8-15-7-5-6-10-19(15)3/h12-13,15H,5-11H2,1-4H3/t15-/m0/s1. The molecule has 0 bridgehead atoms. The van der Waals surface area contributed by atoms with Gasteiger partial charge < -0.3 is 9.80 Å². The minimum atomic E-state index is 0.234. The predicted molar refractivity (Wildman–Crippen MR) is 92.2 cm³/mol. The van der Waals surface area contributed by atoms with E-state index in [1.807, 2.05) is 11.9 Å². The van der Waals surface area contributed by atoms with E-state index in [1.54, 1.807) is 11.3 Å². The first-order valence-corrected chi connectivity index (χ1v) is 9.24. The summed E-state index contributed by atoms with van der Waals surface area (Å²) < 4.78 is 0. The second-order valence-electron chi connectivity index (χ2n) is 6.75. The van der Waals surface area contributed by atoms with Crippen LogP contribution in [0, 0.1) is 0 Å². The van der Waals surface area contributed by atoms with Crippen molar-refractivity contribution in [2.45, 2.75) is 64.5 Å². The van der Waals surface area contributed by atoms with Crippen LogP contribution in [0.15, 0.2) is 5.38 Å². The fourth-order valence-electron chi connectivity index (χ4n) is 2.98. The van der Waals surface area contributed by atoms with E-state index in [4.69, 9.17) is 0 Å². The van der Waals surface area contributed by atoms with Crippen molar-refractivity contribution in [3.63, 3.8) is 0 Å². The Kier molecular flexibility index (Phi) is 6.38. The average Bonchev–Trinajstić information content (AvgIpc) is 2.94. The van der Waals surface area contributed by atoms with Gasteiger partial charge in [-0.25, -0.2) is 4.98 Å². The highest BCUT2D eigenvalue weighted by molar-refractivity contribution is 7.09. The van der Waals surface area contributed by atoms with Crippen LogP contribution in [0.1, 0.15) is 62.6 Å². The molecule has 2 rings (SSSR count). The molecule has 1 aliphatic heterocycles. The number of amides is 1. The van der Waals surface area contributed by atoms with Gasteiger partial charge in [0.15, 0.2) is 0 Å². The smallest absolute Gasteiger partial charge is 0.222 e. The quantitative estimate of drug-likeness (QED) is 0.804. The maximum absolute atomic E-state index is 12.3. The van der Waals surface area contributed by atoms with E-state index in [-0.39, 0.29) is 5.91 Å². The lowest BCUT2D eigenvalue weighted by Crippen LogP contribution is -2.37. The van der Waals surface area contributed by atoms with Gasteiger partial charge in [0.1, 0.15) is 0 Å². The number of likely N-dealkylation sites (tertiary alicyclic amines) is 1. The Balaban J connectivity index is 1.78. The highest BCUT2D eigenvalue weighted by atomic mass is 32.1. The third-order valence-electron chi connectivity index (χ3n) is 4.50. The third kappa shape index (κ3) is 4.78. The first-order valence-electron chi connectivity index (χ1n) is 8.36. The van der Waals surface area contributed by atoms with Crippen molar-refractivity contribution in [1.29, 1.82) is 0 Å². The Hall–Kier alpha value is -0.940. The second kappa shape index (κ2) is 8.06. The van der Waals surface area contributed by atoms with Gasteiger partial charge in [0.2, 0.25) is 5.91 Å². The van der Waals surface area contributed by atoms with E-state index < -0.39 is 0 Å². The molecular formula is C17H29N3OS. The number of thiazole rings is 1. The summed E-state index contributed by atoms with van der Waals surface area (Å²) >= 11 is 1.69. The molecule has 0 spiro atoms. The molecule has 4 nitrogen and oxygen atoms in total. The van der Waals surface area contributed by atoms with Crippen LogP contribution in [0.5, 0.6) is 0 Å². The van der Waals surface area contributed by atoms with Gasteiger partial charge in [-0.3, -0.25) is 4.79 Å². The molecule has 1 atom stereocenters. The van der Waals surface area contributed by atoms with Gasteiger partial charge in [0, 0.05) is 30.8 Å². The van der Waals surface area contributed by atoms with E-state index in [0.717, 1.165) is 17.1 Å². The fraction of sp³-hybridized carbons (Fsp3) is 0.765. The Bertz CT molecular complexity index is 486. The summed E-state index contributed by atoms with van der Waals surface area (Å²) in [5.41, 5.74) is 1.01. The number of carbonyl (C=O) groups excluding carboxylic acids is 1. The molecule has 5 heteroatoms. The number of nitrogens with zero attached hydrogens (tertiary/aromatic N) is 3. The summed E-state index contributed by atoms with van der Waals surface area (Å²) in [5, 5.41) is 3.23. The van der Waals surface area contributed by atoms with Crippen LogP contribution in [0.25, 0.3) is 0 Å². The molecule has 0 N–H and O–H groups in total. The zero-order chi connectivity index (χ0) is 16.1. The predicted octanol–water partition coefficient (Wildman–Crippen LogP) is 3.49. The lowest BCUT2D eigenvalue weighted by atomic mass is 9.98. The van der Waals surface area contributed by atoms with Crippen molar-refractivity contribution in [1.82, 2.24) is 14.8 Å². The summed E-state index contributed by atoms with van der Waals surface area (Å²) in [4.78, 5) is 21.2. The van der Waals surface area contributed by atoms with E-state index >= 15 is 0 Å². The molecular weight excluding hydrogens is 294 g/mol. The minimum Gasteiger partial charge on any atom is -0.340 e. The molecule has 0 saturated carbocycles. The maximum atomic E-state index is 12.3. The van der Waals surface area contributed by atoms with Crippen LogP contribution in [0.4, 0.5) is 0 Å². The lowest BCUT2D eigenvalue weighted by molar-refractivity contribution is -0.130. The number of hydrogen-bond donors (Lipinski definition) is 0. The zero-order valence-electron chi connectivity index (χ0n) is 14.3. The van der Waals surface area contributed by atoms with Crippen molar-refractivity contribution in [3.05, 3.63) is 16.1 Å². The zero-order valence-corrected chi connectivity index (χ0v) is 15.2. The Labute approximate surface area is 138 Å². The van der Waals surface area contributed by atoms with Crippen molar-refractivity contribution in [2.24, 2.45) is 0 Å². The van der Waals surface area contributed by atoms with Gasteiger partial charge in [0.05, 0.1) is 17.2 Å². The highest BCUT2D eigenvalue weighted by Gasteiger charge is 2.20. The molecule has 0 radical (unpaired) electrons. The molecule has 1 saturated heterocycles. The summed E-state index contributed by atoms with van der Waals surface area (Å²) in [5.74, 6) is 0.694. The molecule has 1 aromatic rings. The van der Waals surface area contributed by atoms with Crippen molar-refractivity contribution < 1.29 is 4.79 Å². The van der Waals surface area contributed by atoms with E-state index in [2.05, 4.69) is 36.2 Å². The Morgan fingerprint density at radius 2 is 2.27 bits per heavy atom. The molecule has 1 amide bonds. The number of hydrogen-bond acceptors (Lipinski definition) is 4. The summed E-state index contributed by atoms with van der Waals surface area (Å²) in [6, 6.07) is 0.581. The molecule has 0 unspecified atom stereocenters. The van der Waals surface area contributed by atoms with Crippen molar-refractivity contribution >= 4 is 17.2 Å². The second-order valence-corrected chi connectivity index (χ2v) is 7.64. The van der Waals surface area contributed by atoms with Crippen molar-refractivity contribution in [3.8, 4) is 0 Å². The van der Waals surface area contributed by atoms with Crippen LogP contribution in [-0.4, -0.2) is 47.4 Å². The van der Waals surface area contributed by atoms with Gasteiger partial charge >= 0.3 is 0 Å². The fourth-order valence-corrected chi connectivity index (χ4v) is 3.81. The van der Waals surface area contributed by atoms with E-state index in [0.29, 0.717) is 24.9 Å². The first kappa shape index (κ1) is 17.4. The summed E-state index contributed by atoms with van der Waals surface area (Å²) in [6.45, 7) is 6.10. The topological polar surface area (TPSA) is 36.4 Å². The molecule has 2 heterocycles. The minimum absolute atomic E-state index is 0.234. The number of rotatable bonds is 6. The first-order chi connectivity index (χ1) is 10.5. The van der Waals surface area contributed by atoms with Gasteiger partial charge in [-0.15, -0.1) is 11.3 Å². The number of piperidine rings is 1. The largest absolute Gasteiger partial charge is 0.340 e. The Morgan fingerprint density at radius 1 is 1.50 bits per heavy atom. The lowest BCUT2D eigenvalue weighted by Gasteiger charge is -2.32. The maximum Gasteiger partial charge on any atom is 0.222 e. The van der Waals surface area contributed by atoms with Crippen LogP contribution in [0.2, 0.25) is 0 Å². The number of aromatic nitrogens is 1. The molecule has 0 aromatic carbocycles. The SMILES string of the molecule is CC(C)c1nc(CN(C)C(=O)CC[C@@H]2CCCCN2C)cs1. The van der Waals surface area contributed by atoms with Gasteiger partial charge in [-0.1, -0.05) is 20.3 Å². The van der Waals surface area contributed by atoms with E-state index in [9.17, 15) is 4.79 Å². The molecule has 22 heavy (non-hydrogen) atoms. The molecule has 0 aliphatic carbocycles. The summed E-state index contributed by atoms with van der Waals surface area (Å²) in [6.07, 6.45) is 5.46. The monoisotopic (exact) mass is 323 g/mol. The van der Waals surface area contributed by atoms with Crippen LogP contribution < -0.4 is 0 Å². The van der Waals surface area contributed by atoms with Gasteiger partial charge in [-0.05, 0) is 32.9 Å². The average molecular weight is 324 g/mol. The highest BCUT2D eigenvalue weighted by Crippen LogP contribution is 2.21. The van der Waals surface area contributed by atoms with Crippen LogP contribution >= 0.6 is 11.3 Å². The van der Waals surface area contributed by atoms with Crippen LogP contribution in [-0.2, 0) is 11.3 Å². The molecule has 1 aromatic heterocycles. The molecule has 1 fully saturated rings. The Morgan fingerprint density at radius 3 is 2.91 bits per heavy atom. The van der Waals surface area contributed by atoms with Gasteiger partial charge in [0.25, 0.3) is 0 Å². The van der Waals surface area contributed by atoms with Gasteiger partial charge in [-0.2, -0.15) is 0 Å². The summed E-state index contributed by atoms with van der Waals surface area (Å²) in [7, 11) is 4.07. The normalized spacial score (nSPS) is 19.6. The number of carbonyl (C=O) groups is 1. The third-order valence-corrected chi connectivity index (χ3v) is 5.70. The molecule has 1 aliphatic rings. The van der Waals surface area contributed by atoms with Crippen molar-refractivity contribution in [2.75, 3.05) is 20.6 Å². The molecule has 124 valence electrons. The van der Waals surface area contributed by atoms with Crippen LogP contribution in [0.3, 0.4) is 0 Å². The van der Waals surface area contributed by atoms with E-state index in [1.165, 1.54) is 25.8 Å².